The molecule has 4 heteroatoms. The van der Waals surface area contributed by atoms with Crippen LogP contribution in [0.5, 0.6) is 0 Å². The first-order chi connectivity index (χ1) is 20.9. The molecule has 2 aliphatic rings. The lowest BCUT2D eigenvalue weighted by Crippen LogP contribution is -2.51. The van der Waals surface area contributed by atoms with Crippen LogP contribution in [0.3, 0.4) is 0 Å². The van der Waals surface area contributed by atoms with E-state index in [1.54, 1.807) is 0 Å². The molecule has 9 rings (SSSR count). The van der Waals surface area contributed by atoms with Crippen LogP contribution in [0.2, 0.25) is 13.1 Å². The molecule has 7 aromatic rings. The summed E-state index contributed by atoms with van der Waals surface area (Å²) in [5, 5.41) is 5.29. The summed E-state index contributed by atoms with van der Waals surface area (Å²) in [6.45, 7) is 9.63. The first-order valence-electron chi connectivity index (χ1n) is 15.1. The third-order valence-electron chi connectivity index (χ3n) is 9.99. The van der Waals surface area contributed by atoms with Gasteiger partial charge >= 0.3 is 0 Å². The number of fused-ring (bicyclic) bond motifs is 9. The van der Waals surface area contributed by atoms with Crippen LogP contribution in [0.1, 0.15) is 25.0 Å². The number of hydrogen-bond donors (Lipinski definition) is 0. The minimum atomic E-state index is -2.13. The molecule has 5 aromatic carbocycles. The number of aromatic nitrogens is 3. The maximum absolute atomic E-state index is 5.49. The number of para-hydroxylation sites is 1. The summed E-state index contributed by atoms with van der Waals surface area (Å²) in [5.41, 5.74) is 11.2. The topological polar surface area (TPSA) is 30.7 Å². The Morgan fingerprint density at radius 2 is 1.30 bits per heavy atom. The second-order valence-corrected chi connectivity index (χ2v) is 17.4. The van der Waals surface area contributed by atoms with E-state index in [9.17, 15) is 0 Å². The van der Waals surface area contributed by atoms with E-state index in [1.807, 2.05) is 0 Å². The van der Waals surface area contributed by atoms with Crippen LogP contribution >= 0.6 is 0 Å². The molecule has 3 heterocycles. The molecule has 0 saturated carbocycles. The molecule has 0 bridgehead atoms. The lowest BCUT2D eigenvalue weighted by Gasteiger charge is -2.23. The molecule has 2 aromatic heterocycles. The molecular weight excluding hydrogens is 539 g/mol. The molecule has 0 radical (unpaired) electrons. The van der Waals surface area contributed by atoms with Crippen LogP contribution in [0.25, 0.3) is 61.4 Å². The van der Waals surface area contributed by atoms with Gasteiger partial charge in [0.15, 0.2) is 5.82 Å². The highest BCUT2D eigenvalue weighted by Crippen LogP contribution is 2.51. The summed E-state index contributed by atoms with van der Waals surface area (Å²) >= 11 is 0. The fraction of sp³-hybridized carbons (Fsp3) is 0.128. The highest BCUT2D eigenvalue weighted by molar-refractivity contribution is 7.04. The van der Waals surface area contributed by atoms with Gasteiger partial charge in [0.1, 0.15) is 13.9 Å². The van der Waals surface area contributed by atoms with Crippen LogP contribution in [-0.4, -0.2) is 22.6 Å². The van der Waals surface area contributed by atoms with Crippen molar-refractivity contribution in [3.8, 4) is 39.6 Å². The second-order valence-electron chi connectivity index (χ2n) is 13.1. The van der Waals surface area contributed by atoms with Crippen molar-refractivity contribution in [2.75, 3.05) is 0 Å². The lowest BCUT2D eigenvalue weighted by atomic mass is 9.82. The Hall–Kier alpha value is -4.80. The Balaban J connectivity index is 1.45. The minimum Gasteiger partial charge on any atom is -0.294 e. The van der Waals surface area contributed by atoms with Crippen molar-refractivity contribution in [3.05, 3.63) is 126 Å². The first-order valence-corrected chi connectivity index (χ1v) is 18.1. The highest BCUT2D eigenvalue weighted by Gasteiger charge is 2.43. The summed E-state index contributed by atoms with van der Waals surface area (Å²) in [7, 11) is -2.13. The molecule has 0 amide bonds. The zero-order chi connectivity index (χ0) is 29.1. The van der Waals surface area contributed by atoms with E-state index >= 15 is 0 Å². The summed E-state index contributed by atoms with van der Waals surface area (Å²) in [4.78, 5) is 10.8. The predicted molar refractivity (Wildman–Crippen MR) is 182 cm³/mol. The van der Waals surface area contributed by atoms with Gasteiger partial charge in [-0.2, -0.15) is 0 Å². The quantitative estimate of drug-likeness (QED) is 0.196. The maximum Gasteiger partial charge on any atom is 0.162 e. The molecular formula is C39H31N3Si. The van der Waals surface area contributed by atoms with E-state index in [-0.39, 0.29) is 5.41 Å². The van der Waals surface area contributed by atoms with Crippen LogP contribution in [0.15, 0.2) is 115 Å². The van der Waals surface area contributed by atoms with Crippen molar-refractivity contribution in [3.63, 3.8) is 0 Å². The number of hydrogen-bond acceptors (Lipinski definition) is 2. The average molecular weight is 570 g/mol. The van der Waals surface area contributed by atoms with Gasteiger partial charge < -0.3 is 0 Å². The molecule has 0 spiro atoms. The van der Waals surface area contributed by atoms with Crippen LogP contribution in [-0.2, 0) is 5.41 Å². The maximum atomic E-state index is 5.49. The Morgan fingerprint density at radius 3 is 2.14 bits per heavy atom. The Labute approximate surface area is 252 Å². The number of benzene rings is 5. The highest BCUT2D eigenvalue weighted by atomic mass is 28.3. The van der Waals surface area contributed by atoms with E-state index in [4.69, 9.17) is 9.97 Å². The van der Waals surface area contributed by atoms with Crippen molar-refractivity contribution >= 4 is 40.3 Å². The number of nitrogens with zero attached hydrogens (tertiary/aromatic N) is 3. The average Bonchev–Trinajstić information content (AvgIpc) is 3.57. The summed E-state index contributed by atoms with van der Waals surface area (Å²) in [6.07, 6.45) is 0. The van der Waals surface area contributed by atoms with E-state index < -0.39 is 8.07 Å². The van der Waals surface area contributed by atoms with Gasteiger partial charge in [-0.05, 0) is 51.2 Å². The Kier molecular flexibility index (Phi) is 4.83. The molecule has 1 aliphatic heterocycles. The van der Waals surface area contributed by atoms with Gasteiger partial charge in [-0.3, -0.25) is 4.57 Å². The van der Waals surface area contributed by atoms with E-state index in [2.05, 4.69) is 147 Å². The van der Waals surface area contributed by atoms with Crippen molar-refractivity contribution < 1.29 is 0 Å². The molecule has 0 atom stereocenters. The first kappa shape index (κ1) is 24.8. The van der Waals surface area contributed by atoms with Crippen LogP contribution < -0.4 is 10.4 Å². The SMILES string of the molecule is CC1(C)c2ccccc2-c2cc3c(cc21)c1ccccc1n3-c1nc(-c2ccccc2)nc2c1[Si](C)(C)c1ccccc1-2. The standard InChI is InChI=1S/C39H31N3Si/c1-39(2)30-19-11-8-16-25(30)28-23-33-29(22-31(28)39)26-17-9-12-20-32(26)42(33)38-36-35(27-18-10-13-21-34(27)43(36,3)4)40-37(41-38)24-14-6-5-7-15-24/h5-23H,1-4H3. The molecule has 0 N–H and O–H groups in total. The molecule has 206 valence electrons. The van der Waals surface area contributed by atoms with Crippen molar-refractivity contribution in [2.24, 2.45) is 0 Å². The summed E-state index contributed by atoms with van der Waals surface area (Å²) in [5.74, 6) is 1.79. The fourth-order valence-electron chi connectivity index (χ4n) is 7.86. The van der Waals surface area contributed by atoms with Crippen LogP contribution in [0.4, 0.5) is 0 Å². The van der Waals surface area contributed by atoms with Crippen molar-refractivity contribution in [1.29, 1.82) is 0 Å². The van der Waals surface area contributed by atoms with Gasteiger partial charge in [0.05, 0.1) is 16.7 Å². The molecule has 0 saturated heterocycles. The molecule has 3 nitrogen and oxygen atoms in total. The normalized spacial score (nSPS) is 15.3. The van der Waals surface area contributed by atoms with Gasteiger partial charge in [0, 0.05) is 26.9 Å². The van der Waals surface area contributed by atoms with Gasteiger partial charge in [-0.1, -0.05) is 124 Å². The Bertz CT molecular complexity index is 2290. The third-order valence-corrected chi connectivity index (χ3v) is 13.5. The number of rotatable bonds is 2. The lowest BCUT2D eigenvalue weighted by molar-refractivity contribution is 0.661. The summed E-state index contributed by atoms with van der Waals surface area (Å²) < 4.78 is 2.45. The van der Waals surface area contributed by atoms with Crippen LogP contribution in [0, 0.1) is 0 Å². The third kappa shape index (κ3) is 3.19. The van der Waals surface area contributed by atoms with E-state index in [0.717, 1.165) is 22.9 Å². The smallest absolute Gasteiger partial charge is 0.162 e. The van der Waals surface area contributed by atoms with E-state index in [1.165, 1.54) is 60.0 Å². The molecule has 43 heavy (non-hydrogen) atoms. The molecule has 1 aliphatic carbocycles. The largest absolute Gasteiger partial charge is 0.294 e. The zero-order valence-electron chi connectivity index (χ0n) is 24.8. The Morgan fingerprint density at radius 1 is 0.605 bits per heavy atom. The van der Waals surface area contributed by atoms with Crippen molar-refractivity contribution in [2.45, 2.75) is 32.4 Å². The predicted octanol–water partition coefficient (Wildman–Crippen LogP) is 8.35. The molecule has 0 unspecified atom stereocenters. The summed E-state index contributed by atoms with van der Waals surface area (Å²) in [6, 6.07) is 42.0. The van der Waals surface area contributed by atoms with Gasteiger partial charge in [0.25, 0.3) is 0 Å². The van der Waals surface area contributed by atoms with Gasteiger partial charge in [-0.15, -0.1) is 0 Å². The fourth-order valence-corrected chi connectivity index (χ4v) is 11.0. The van der Waals surface area contributed by atoms with Gasteiger partial charge in [0.2, 0.25) is 0 Å². The second kappa shape index (κ2) is 8.39. The minimum absolute atomic E-state index is 0.0590. The zero-order valence-corrected chi connectivity index (χ0v) is 25.8. The van der Waals surface area contributed by atoms with E-state index in [0.29, 0.717) is 0 Å². The molecule has 0 fully saturated rings. The van der Waals surface area contributed by atoms with Crippen molar-refractivity contribution in [1.82, 2.24) is 14.5 Å². The monoisotopic (exact) mass is 569 g/mol. The van der Waals surface area contributed by atoms with Gasteiger partial charge in [-0.25, -0.2) is 9.97 Å².